The highest BCUT2D eigenvalue weighted by Crippen LogP contribution is 2.40. The largest absolute Gasteiger partial charge is 0.319 e. The van der Waals surface area contributed by atoms with Gasteiger partial charge in [-0.3, -0.25) is 4.98 Å². The molecule has 0 aliphatic heterocycles. The van der Waals surface area contributed by atoms with Gasteiger partial charge < -0.3 is 5.32 Å². The Kier molecular flexibility index (Phi) is 2.60. The molecule has 1 aliphatic rings. The van der Waals surface area contributed by atoms with Crippen molar-refractivity contribution in [2.75, 3.05) is 13.6 Å². The molecule has 1 heterocycles. The van der Waals surface area contributed by atoms with Gasteiger partial charge in [-0.2, -0.15) is 0 Å². The standard InChI is InChI=1S/C11H16N2/c1-12-7-9-5-11(6-9)10-3-2-4-13-8-10/h2-4,8-9,11-12H,5-7H2,1H3. The molecular formula is C11H16N2. The molecule has 0 atom stereocenters. The van der Waals surface area contributed by atoms with E-state index in [1.165, 1.54) is 18.4 Å². The Labute approximate surface area is 79.4 Å². The summed E-state index contributed by atoms with van der Waals surface area (Å²) in [4.78, 5) is 4.14. The number of pyridine rings is 1. The van der Waals surface area contributed by atoms with Crippen LogP contribution in [0.4, 0.5) is 0 Å². The van der Waals surface area contributed by atoms with E-state index in [-0.39, 0.29) is 0 Å². The van der Waals surface area contributed by atoms with Crippen LogP contribution in [-0.2, 0) is 0 Å². The fourth-order valence-corrected chi connectivity index (χ4v) is 2.08. The monoisotopic (exact) mass is 176 g/mol. The summed E-state index contributed by atoms with van der Waals surface area (Å²) in [6.45, 7) is 1.16. The van der Waals surface area contributed by atoms with Crippen LogP contribution in [-0.4, -0.2) is 18.6 Å². The Balaban J connectivity index is 1.87. The van der Waals surface area contributed by atoms with Crippen molar-refractivity contribution in [3.05, 3.63) is 30.1 Å². The zero-order chi connectivity index (χ0) is 9.10. The SMILES string of the molecule is CNCC1CC(c2cccnc2)C1. The molecule has 0 unspecified atom stereocenters. The summed E-state index contributed by atoms with van der Waals surface area (Å²) in [6, 6.07) is 4.22. The van der Waals surface area contributed by atoms with E-state index in [1.807, 2.05) is 25.5 Å². The lowest BCUT2D eigenvalue weighted by Crippen LogP contribution is -2.30. The summed E-state index contributed by atoms with van der Waals surface area (Å²) in [7, 11) is 2.03. The Bertz CT molecular complexity index is 252. The van der Waals surface area contributed by atoms with Gasteiger partial charge in [0, 0.05) is 12.4 Å². The second-order valence-corrected chi connectivity index (χ2v) is 3.88. The molecular weight excluding hydrogens is 160 g/mol. The summed E-state index contributed by atoms with van der Waals surface area (Å²) in [6.07, 6.45) is 6.49. The zero-order valence-corrected chi connectivity index (χ0v) is 8.03. The number of aromatic nitrogens is 1. The topological polar surface area (TPSA) is 24.9 Å². The predicted octanol–water partition coefficient (Wildman–Crippen LogP) is 1.79. The molecule has 1 saturated carbocycles. The summed E-state index contributed by atoms with van der Waals surface area (Å²) < 4.78 is 0. The Hall–Kier alpha value is -0.890. The minimum absolute atomic E-state index is 0.770. The minimum atomic E-state index is 0.770. The van der Waals surface area contributed by atoms with Crippen LogP contribution in [0.2, 0.25) is 0 Å². The first-order valence-electron chi connectivity index (χ1n) is 4.94. The fourth-order valence-electron chi connectivity index (χ4n) is 2.08. The van der Waals surface area contributed by atoms with E-state index < -0.39 is 0 Å². The van der Waals surface area contributed by atoms with Crippen molar-refractivity contribution in [1.82, 2.24) is 10.3 Å². The van der Waals surface area contributed by atoms with Gasteiger partial charge in [0.15, 0.2) is 0 Å². The molecule has 1 fully saturated rings. The average Bonchev–Trinajstić information content (AvgIpc) is 2.12. The predicted molar refractivity (Wildman–Crippen MR) is 53.6 cm³/mol. The van der Waals surface area contributed by atoms with Gasteiger partial charge in [0.2, 0.25) is 0 Å². The molecule has 2 nitrogen and oxygen atoms in total. The molecule has 1 aliphatic carbocycles. The van der Waals surface area contributed by atoms with Gasteiger partial charge in [-0.1, -0.05) is 6.07 Å². The average molecular weight is 176 g/mol. The second-order valence-electron chi connectivity index (χ2n) is 3.88. The van der Waals surface area contributed by atoms with Gasteiger partial charge >= 0.3 is 0 Å². The van der Waals surface area contributed by atoms with E-state index in [2.05, 4.69) is 16.4 Å². The number of nitrogens with zero attached hydrogens (tertiary/aromatic N) is 1. The molecule has 0 amide bonds. The molecule has 0 aromatic carbocycles. The normalized spacial score (nSPS) is 26.8. The minimum Gasteiger partial charge on any atom is -0.319 e. The van der Waals surface area contributed by atoms with E-state index in [1.54, 1.807) is 0 Å². The van der Waals surface area contributed by atoms with Crippen LogP contribution in [0, 0.1) is 5.92 Å². The molecule has 13 heavy (non-hydrogen) atoms. The summed E-state index contributed by atoms with van der Waals surface area (Å²) in [5.74, 6) is 1.65. The first-order valence-corrected chi connectivity index (χ1v) is 4.94. The lowest BCUT2D eigenvalue weighted by Gasteiger charge is -2.35. The van der Waals surface area contributed by atoms with Crippen LogP contribution >= 0.6 is 0 Å². The van der Waals surface area contributed by atoms with Crippen LogP contribution in [0.3, 0.4) is 0 Å². The van der Waals surface area contributed by atoms with E-state index >= 15 is 0 Å². The van der Waals surface area contributed by atoms with Gasteiger partial charge in [-0.15, -0.1) is 0 Å². The third kappa shape index (κ3) is 1.89. The van der Waals surface area contributed by atoms with Crippen LogP contribution in [0.25, 0.3) is 0 Å². The number of rotatable bonds is 3. The fraction of sp³-hybridized carbons (Fsp3) is 0.545. The second kappa shape index (κ2) is 3.88. The highest BCUT2D eigenvalue weighted by molar-refractivity contribution is 5.17. The molecule has 0 spiro atoms. The van der Waals surface area contributed by atoms with E-state index in [0.29, 0.717) is 0 Å². The third-order valence-corrected chi connectivity index (χ3v) is 2.88. The summed E-state index contributed by atoms with van der Waals surface area (Å²) >= 11 is 0. The van der Waals surface area contributed by atoms with E-state index in [9.17, 15) is 0 Å². The van der Waals surface area contributed by atoms with Gasteiger partial charge in [-0.05, 0) is 49.9 Å². The van der Waals surface area contributed by atoms with Gasteiger partial charge in [0.25, 0.3) is 0 Å². The van der Waals surface area contributed by atoms with E-state index in [0.717, 1.165) is 18.4 Å². The maximum atomic E-state index is 4.14. The molecule has 70 valence electrons. The zero-order valence-electron chi connectivity index (χ0n) is 8.03. The van der Waals surface area contributed by atoms with Gasteiger partial charge in [-0.25, -0.2) is 0 Å². The molecule has 0 radical (unpaired) electrons. The number of hydrogen-bond donors (Lipinski definition) is 1. The van der Waals surface area contributed by atoms with Crippen molar-refractivity contribution in [3.8, 4) is 0 Å². The van der Waals surface area contributed by atoms with Crippen molar-refractivity contribution in [3.63, 3.8) is 0 Å². The van der Waals surface area contributed by atoms with Crippen LogP contribution < -0.4 is 5.32 Å². The maximum Gasteiger partial charge on any atom is 0.0302 e. The lowest BCUT2D eigenvalue weighted by atomic mass is 9.72. The molecule has 1 N–H and O–H groups in total. The van der Waals surface area contributed by atoms with Crippen molar-refractivity contribution >= 4 is 0 Å². The smallest absolute Gasteiger partial charge is 0.0302 e. The lowest BCUT2D eigenvalue weighted by molar-refractivity contribution is 0.259. The highest BCUT2D eigenvalue weighted by atomic mass is 14.8. The highest BCUT2D eigenvalue weighted by Gasteiger charge is 2.29. The van der Waals surface area contributed by atoms with Crippen LogP contribution in [0.5, 0.6) is 0 Å². The summed E-state index contributed by atoms with van der Waals surface area (Å²) in [5, 5.41) is 3.23. The molecule has 1 aromatic heterocycles. The van der Waals surface area contributed by atoms with Crippen molar-refractivity contribution < 1.29 is 0 Å². The van der Waals surface area contributed by atoms with Crippen molar-refractivity contribution in [2.45, 2.75) is 18.8 Å². The maximum absolute atomic E-state index is 4.14. The first-order chi connectivity index (χ1) is 6.40. The van der Waals surface area contributed by atoms with Crippen molar-refractivity contribution in [2.24, 2.45) is 5.92 Å². The van der Waals surface area contributed by atoms with E-state index in [4.69, 9.17) is 0 Å². The molecule has 1 aromatic rings. The number of nitrogens with one attached hydrogen (secondary N) is 1. The number of hydrogen-bond acceptors (Lipinski definition) is 2. The van der Waals surface area contributed by atoms with Crippen molar-refractivity contribution in [1.29, 1.82) is 0 Å². The third-order valence-electron chi connectivity index (χ3n) is 2.88. The van der Waals surface area contributed by atoms with Gasteiger partial charge in [0.05, 0.1) is 0 Å². The Morgan fingerprint density at radius 1 is 1.54 bits per heavy atom. The molecule has 0 saturated heterocycles. The molecule has 2 rings (SSSR count). The van der Waals surface area contributed by atoms with Crippen LogP contribution in [0.1, 0.15) is 24.3 Å². The molecule has 0 bridgehead atoms. The molecule has 2 heteroatoms. The Morgan fingerprint density at radius 2 is 2.38 bits per heavy atom. The Morgan fingerprint density at radius 3 is 3.00 bits per heavy atom. The first kappa shape index (κ1) is 8.70. The quantitative estimate of drug-likeness (QED) is 0.759. The van der Waals surface area contributed by atoms with Crippen LogP contribution in [0.15, 0.2) is 24.5 Å². The van der Waals surface area contributed by atoms with Gasteiger partial charge in [0.1, 0.15) is 0 Å². The summed E-state index contributed by atoms with van der Waals surface area (Å²) in [5.41, 5.74) is 1.41.